The molecule has 0 bridgehead atoms. The molecule has 24 heavy (non-hydrogen) atoms. The lowest BCUT2D eigenvalue weighted by Gasteiger charge is -2.12. The molecular formula is C15H16F3N3O3. The van der Waals surface area contributed by atoms with E-state index in [-0.39, 0.29) is 17.1 Å². The number of carbonyl (C=O) groups excluding carboxylic acids is 2. The highest BCUT2D eigenvalue weighted by molar-refractivity contribution is 5.97. The number of alkyl halides is 3. The van der Waals surface area contributed by atoms with Gasteiger partial charge in [0.1, 0.15) is 11.4 Å². The molecule has 0 saturated heterocycles. The van der Waals surface area contributed by atoms with E-state index >= 15 is 0 Å². The van der Waals surface area contributed by atoms with E-state index < -0.39 is 17.9 Å². The fourth-order valence-corrected chi connectivity index (χ4v) is 1.49. The SMILES string of the molecule is COC(=O)c1cccnc1NC(=C\C(=O)C(F)(F)F)/C=C/N(C)C. The number of hydrogen-bond donors (Lipinski definition) is 1. The van der Waals surface area contributed by atoms with E-state index in [1.165, 1.54) is 30.6 Å². The van der Waals surface area contributed by atoms with Crippen molar-refractivity contribution in [1.82, 2.24) is 9.88 Å². The predicted octanol–water partition coefficient (Wildman–Crippen LogP) is 2.37. The lowest BCUT2D eigenvalue weighted by Crippen LogP contribution is -2.21. The van der Waals surface area contributed by atoms with Gasteiger partial charge in [-0.15, -0.1) is 0 Å². The Balaban J connectivity index is 3.22. The van der Waals surface area contributed by atoms with Gasteiger partial charge in [-0.05, 0) is 18.2 Å². The zero-order chi connectivity index (χ0) is 18.3. The summed E-state index contributed by atoms with van der Waals surface area (Å²) in [5.74, 6) is -2.79. The number of rotatable bonds is 6. The van der Waals surface area contributed by atoms with E-state index in [4.69, 9.17) is 0 Å². The number of allylic oxidation sites excluding steroid dienone is 2. The summed E-state index contributed by atoms with van der Waals surface area (Å²) in [5.41, 5.74) is -0.168. The van der Waals surface area contributed by atoms with E-state index in [0.717, 1.165) is 7.11 Å². The van der Waals surface area contributed by atoms with E-state index in [9.17, 15) is 22.8 Å². The van der Waals surface area contributed by atoms with Crippen LogP contribution in [0.25, 0.3) is 0 Å². The first-order valence-electron chi connectivity index (χ1n) is 6.63. The summed E-state index contributed by atoms with van der Waals surface area (Å²) in [6, 6.07) is 2.86. The molecule has 0 fully saturated rings. The number of nitrogens with one attached hydrogen (secondary N) is 1. The van der Waals surface area contributed by atoms with Crippen LogP contribution in [-0.2, 0) is 9.53 Å². The van der Waals surface area contributed by atoms with Crippen LogP contribution in [0.15, 0.2) is 42.4 Å². The largest absolute Gasteiger partial charge is 0.465 e. The number of ether oxygens (including phenoxy) is 1. The molecule has 0 unspecified atom stereocenters. The highest BCUT2D eigenvalue weighted by Crippen LogP contribution is 2.20. The quantitative estimate of drug-likeness (QED) is 0.486. The fraction of sp³-hybridized carbons (Fsp3) is 0.267. The molecule has 0 aliphatic carbocycles. The Morgan fingerprint density at radius 3 is 2.54 bits per heavy atom. The second-order valence-electron chi connectivity index (χ2n) is 4.76. The molecule has 1 aromatic rings. The maximum absolute atomic E-state index is 12.5. The Kier molecular flexibility index (Phi) is 6.51. The molecule has 0 radical (unpaired) electrons. The smallest absolute Gasteiger partial charge is 0.454 e. The van der Waals surface area contributed by atoms with E-state index in [2.05, 4.69) is 15.0 Å². The van der Waals surface area contributed by atoms with Crippen LogP contribution in [0.5, 0.6) is 0 Å². The molecular weight excluding hydrogens is 327 g/mol. The monoisotopic (exact) mass is 343 g/mol. The first kappa shape index (κ1) is 19.2. The van der Waals surface area contributed by atoms with Gasteiger partial charge in [0.15, 0.2) is 0 Å². The van der Waals surface area contributed by atoms with Crippen LogP contribution in [0.4, 0.5) is 19.0 Å². The van der Waals surface area contributed by atoms with Crippen LogP contribution in [0.3, 0.4) is 0 Å². The fourth-order valence-electron chi connectivity index (χ4n) is 1.49. The minimum atomic E-state index is -5.01. The number of aromatic nitrogens is 1. The van der Waals surface area contributed by atoms with Crippen molar-refractivity contribution >= 4 is 17.6 Å². The van der Waals surface area contributed by atoms with Crippen molar-refractivity contribution in [3.63, 3.8) is 0 Å². The highest BCUT2D eigenvalue weighted by Gasteiger charge is 2.36. The molecule has 0 aromatic carbocycles. The third kappa shape index (κ3) is 5.75. The van der Waals surface area contributed by atoms with Gasteiger partial charge >= 0.3 is 12.1 Å². The standard InChI is InChI=1S/C15H16F3N3O3/c1-21(2)8-6-10(9-12(22)15(16,17)18)20-13-11(14(23)24-3)5-4-7-19-13/h4-9H,1-3H3,(H,19,20)/b8-6+,10-9-. The Labute approximate surface area is 136 Å². The summed E-state index contributed by atoms with van der Waals surface area (Å²) in [6.07, 6.45) is -0.597. The first-order chi connectivity index (χ1) is 11.1. The number of ketones is 1. The summed E-state index contributed by atoms with van der Waals surface area (Å²) < 4.78 is 42.0. The zero-order valence-electron chi connectivity index (χ0n) is 13.2. The summed E-state index contributed by atoms with van der Waals surface area (Å²) in [4.78, 5) is 28.3. The molecule has 0 aliphatic rings. The molecule has 1 aromatic heterocycles. The number of carbonyl (C=O) groups is 2. The number of pyridine rings is 1. The van der Waals surface area contributed by atoms with Crippen LogP contribution < -0.4 is 5.32 Å². The maximum atomic E-state index is 12.5. The van der Waals surface area contributed by atoms with Crippen LogP contribution >= 0.6 is 0 Å². The number of nitrogens with zero attached hydrogens (tertiary/aromatic N) is 2. The molecule has 0 saturated carbocycles. The number of esters is 1. The molecule has 130 valence electrons. The van der Waals surface area contributed by atoms with Gasteiger partial charge in [0.05, 0.1) is 7.11 Å². The molecule has 0 amide bonds. The average Bonchev–Trinajstić information content (AvgIpc) is 2.51. The summed E-state index contributed by atoms with van der Waals surface area (Å²) in [5, 5.41) is 2.54. The van der Waals surface area contributed by atoms with E-state index in [1.807, 2.05) is 0 Å². The lowest BCUT2D eigenvalue weighted by atomic mass is 10.2. The van der Waals surface area contributed by atoms with Gasteiger partial charge in [-0.3, -0.25) is 4.79 Å². The molecule has 0 atom stereocenters. The van der Waals surface area contributed by atoms with Gasteiger partial charge in [0, 0.05) is 38.3 Å². The number of hydrogen-bond acceptors (Lipinski definition) is 6. The van der Waals surface area contributed by atoms with Crippen molar-refractivity contribution in [3.8, 4) is 0 Å². The lowest BCUT2D eigenvalue weighted by molar-refractivity contribution is -0.165. The van der Waals surface area contributed by atoms with Crippen LogP contribution in [0.2, 0.25) is 0 Å². The Morgan fingerprint density at radius 1 is 1.33 bits per heavy atom. The Morgan fingerprint density at radius 2 is 2.00 bits per heavy atom. The van der Waals surface area contributed by atoms with Gasteiger partial charge in [-0.2, -0.15) is 13.2 Å². The summed E-state index contributed by atoms with van der Waals surface area (Å²) in [6.45, 7) is 0. The van der Waals surface area contributed by atoms with E-state index in [1.54, 1.807) is 19.0 Å². The molecule has 1 rings (SSSR count). The Hall–Kier alpha value is -2.84. The minimum Gasteiger partial charge on any atom is -0.465 e. The van der Waals surface area contributed by atoms with Gasteiger partial charge in [0.2, 0.25) is 0 Å². The van der Waals surface area contributed by atoms with Crippen LogP contribution in [-0.4, -0.2) is 49.0 Å². The first-order valence-corrected chi connectivity index (χ1v) is 6.63. The zero-order valence-corrected chi connectivity index (χ0v) is 13.2. The Bertz CT molecular complexity index is 667. The molecule has 0 aliphatic heterocycles. The molecule has 9 heteroatoms. The van der Waals surface area contributed by atoms with Gasteiger partial charge < -0.3 is 15.0 Å². The number of halogens is 3. The van der Waals surface area contributed by atoms with Gasteiger partial charge in [-0.25, -0.2) is 9.78 Å². The summed E-state index contributed by atoms with van der Waals surface area (Å²) >= 11 is 0. The van der Waals surface area contributed by atoms with Gasteiger partial charge in [0.25, 0.3) is 5.78 Å². The van der Waals surface area contributed by atoms with Crippen molar-refractivity contribution in [1.29, 1.82) is 0 Å². The number of methoxy groups -OCH3 is 1. The molecule has 0 spiro atoms. The van der Waals surface area contributed by atoms with Gasteiger partial charge in [-0.1, -0.05) is 0 Å². The average molecular weight is 343 g/mol. The topological polar surface area (TPSA) is 71.5 Å². The minimum absolute atomic E-state index is 0.0172. The van der Waals surface area contributed by atoms with Crippen molar-refractivity contribution in [2.24, 2.45) is 0 Å². The second kappa shape index (κ2) is 8.14. The third-order valence-electron chi connectivity index (χ3n) is 2.59. The van der Waals surface area contributed by atoms with Crippen molar-refractivity contribution in [2.75, 3.05) is 26.5 Å². The molecule has 6 nitrogen and oxygen atoms in total. The molecule has 1 N–H and O–H groups in total. The van der Waals surface area contributed by atoms with Crippen molar-refractivity contribution < 1.29 is 27.5 Å². The normalized spacial score (nSPS) is 12.2. The van der Waals surface area contributed by atoms with Crippen LogP contribution in [0, 0.1) is 0 Å². The van der Waals surface area contributed by atoms with Crippen molar-refractivity contribution in [3.05, 3.63) is 47.9 Å². The number of anilines is 1. The summed E-state index contributed by atoms with van der Waals surface area (Å²) in [7, 11) is 4.47. The third-order valence-corrected chi connectivity index (χ3v) is 2.59. The molecule has 1 heterocycles. The highest BCUT2D eigenvalue weighted by atomic mass is 19.4. The van der Waals surface area contributed by atoms with Crippen LogP contribution in [0.1, 0.15) is 10.4 Å². The van der Waals surface area contributed by atoms with Crippen molar-refractivity contribution in [2.45, 2.75) is 6.18 Å². The van der Waals surface area contributed by atoms with E-state index in [0.29, 0.717) is 6.08 Å². The second-order valence-corrected chi connectivity index (χ2v) is 4.76. The maximum Gasteiger partial charge on any atom is 0.454 e. The predicted molar refractivity (Wildman–Crippen MR) is 81.2 cm³/mol.